The number of nitrogens with zero attached hydrogens (tertiary/aromatic N) is 7. The van der Waals surface area contributed by atoms with Gasteiger partial charge in [-0.1, -0.05) is 37.2 Å². The first-order valence-electron chi connectivity index (χ1n) is 11.3. The summed E-state index contributed by atoms with van der Waals surface area (Å²) in [5, 5.41) is 12.9. The number of unbranched alkanes of at least 4 members (excludes halogenated alkanes) is 1. The third kappa shape index (κ3) is 4.86. The summed E-state index contributed by atoms with van der Waals surface area (Å²) in [4.78, 5) is 4.97. The Morgan fingerprint density at radius 1 is 1.06 bits per heavy atom. The number of benzene rings is 2. The van der Waals surface area contributed by atoms with Crippen molar-refractivity contribution in [2.75, 3.05) is 14.1 Å². The molecular weight excluding hydrogens is 470 g/mol. The zero-order valence-corrected chi connectivity index (χ0v) is 21.5. The number of sulfonamides is 1. The molecule has 34 heavy (non-hydrogen) atoms. The summed E-state index contributed by atoms with van der Waals surface area (Å²) in [6.07, 6.45) is 3.41. The van der Waals surface area contributed by atoms with Crippen LogP contribution >= 0.6 is 11.8 Å². The van der Waals surface area contributed by atoms with Crippen molar-refractivity contribution in [3.63, 3.8) is 0 Å². The molecule has 0 atom stereocenters. The van der Waals surface area contributed by atoms with Crippen LogP contribution in [0.4, 0.5) is 0 Å². The van der Waals surface area contributed by atoms with Gasteiger partial charge in [-0.2, -0.15) is 4.68 Å². The molecule has 0 aliphatic heterocycles. The molecule has 0 saturated heterocycles. The van der Waals surface area contributed by atoms with E-state index in [1.807, 2.05) is 25.1 Å². The van der Waals surface area contributed by atoms with Gasteiger partial charge in [0, 0.05) is 20.6 Å². The second-order valence-corrected chi connectivity index (χ2v) is 11.2. The topological polar surface area (TPSA) is 98.8 Å². The fourth-order valence-corrected chi connectivity index (χ4v) is 5.50. The number of hydrogen-bond donors (Lipinski definition) is 0. The van der Waals surface area contributed by atoms with E-state index < -0.39 is 10.0 Å². The van der Waals surface area contributed by atoms with Crippen LogP contribution in [-0.4, -0.2) is 56.6 Å². The third-order valence-corrected chi connectivity index (χ3v) is 8.39. The van der Waals surface area contributed by atoms with Crippen molar-refractivity contribution < 1.29 is 8.42 Å². The van der Waals surface area contributed by atoms with Crippen LogP contribution in [0.25, 0.3) is 16.7 Å². The highest BCUT2D eigenvalue weighted by atomic mass is 32.2. The highest BCUT2D eigenvalue weighted by molar-refractivity contribution is 7.98. The van der Waals surface area contributed by atoms with Crippen LogP contribution in [0, 0.1) is 0 Å². The standard InChI is InChI=1S/C23H29N7O2S2/c1-5-7-8-17-9-11-18(12-10-17)30-23(25-26-27-30)33-16-22-24-20-15-19(34(31,32)28(3)4)13-14-21(20)29(22)6-2/h9-15H,5-8,16H2,1-4H3. The second-order valence-electron chi connectivity index (χ2n) is 8.14. The maximum absolute atomic E-state index is 12.5. The van der Waals surface area contributed by atoms with Gasteiger partial charge in [0.25, 0.3) is 0 Å². The van der Waals surface area contributed by atoms with Crippen molar-refractivity contribution in [2.24, 2.45) is 0 Å². The van der Waals surface area contributed by atoms with Gasteiger partial charge < -0.3 is 4.57 Å². The molecule has 4 aromatic rings. The predicted octanol–water partition coefficient (Wildman–Crippen LogP) is 3.92. The summed E-state index contributed by atoms with van der Waals surface area (Å²) in [6.45, 7) is 4.95. The number of aryl methyl sites for hydroxylation is 2. The maximum Gasteiger partial charge on any atom is 0.242 e. The van der Waals surface area contributed by atoms with Gasteiger partial charge in [0.2, 0.25) is 15.2 Å². The van der Waals surface area contributed by atoms with E-state index in [-0.39, 0.29) is 4.90 Å². The monoisotopic (exact) mass is 499 g/mol. The molecule has 2 aromatic heterocycles. The lowest BCUT2D eigenvalue weighted by molar-refractivity contribution is 0.521. The van der Waals surface area contributed by atoms with Crippen molar-refractivity contribution in [3.05, 3.63) is 53.9 Å². The molecule has 0 bridgehead atoms. The first kappa shape index (κ1) is 24.4. The van der Waals surface area contributed by atoms with Gasteiger partial charge >= 0.3 is 0 Å². The Labute approximate surface area is 204 Å². The fourth-order valence-electron chi connectivity index (χ4n) is 3.74. The smallest absolute Gasteiger partial charge is 0.242 e. The van der Waals surface area contributed by atoms with Gasteiger partial charge in [-0.3, -0.25) is 0 Å². The Bertz CT molecular complexity index is 1380. The Kier molecular flexibility index (Phi) is 7.34. The molecule has 0 unspecified atom stereocenters. The molecular formula is C23H29N7O2S2. The zero-order valence-electron chi connectivity index (χ0n) is 19.8. The number of tetrazole rings is 1. The average molecular weight is 500 g/mol. The van der Waals surface area contributed by atoms with Gasteiger partial charge in [0.1, 0.15) is 5.82 Å². The molecule has 0 radical (unpaired) electrons. The number of fused-ring (bicyclic) bond motifs is 1. The first-order valence-corrected chi connectivity index (χ1v) is 13.7. The van der Waals surface area contributed by atoms with Crippen LogP contribution in [0.1, 0.15) is 38.1 Å². The van der Waals surface area contributed by atoms with E-state index in [1.54, 1.807) is 16.8 Å². The van der Waals surface area contributed by atoms with Crippen molar-refractivity contribution in [2.45, 2.75) is 55.5 Å². The van der Waals surface area contributed by atoms with E-state index in [0.717, 1.165) is 30.0 Å². The Balaban J connectivity index is 1.57. The summed E-state index contributed by atoms with van der Waals surface area (Å²) in [5.74, 6) is 1.39. The van der Waals surface area contributed by atoms with E-state index >= 15 is 0 Å². The Hall–Kier alpha value is -2.76. The lowest BCUT2D eigenvalue weighted by Gasteiger charge is -2.11. The molecule has 180 valence electrons. The third-order valence-electron chi connectivity index (χ3n) is 5.66. The van der Waals surface area contributed by atoms with Gasteiger partial charge in [0.15, 0.2) is 0 Å². The average Bonchev–Trinajstić information content (AvgIpc) is 3.45. The highest BCUT2D eigenvalue weighted by Gasteiger charge is 2.20. The number of aromatic nitrogens is 6. The molecule has 0 N–H and O–H groups in total. The quantitative estimate of drug-likeness (QED) is 0.305. The van der Waals surface area contributed by atoms with Crippen molar-refractivity contribution in [3.8, 4) is 5.69 Å². The Morgan fingerprint density at radius 2 is 1.82 bits per heavy atom. The molecule has 0 fully saturated rings. The minimum absolute atomic E-state index is 0.233. The molecule has 11 heteroatoms. The van der Waals surface area contributed by atoms with Gasteiger partial charge in [-0.25, -0.2) is 17.7 Å². The van der Waals surface area contributed by atoms with E-state index in [2.05, 4.69) is 39.1 Å². The van der Waals surface area contributed by atoms with Gasteiger partial charge in [-0.05, 0) is 66.1 Å². The zero-order chi connectivity index (χ0) is 24.3. The second kappa shape index (κ2) is 10.2. The fraction of sp³-hybridized carbons (Fsp3) is 0.391. The Morgan fingerprint density at radius 3 is 2.50 bits per heavy atom. The van der Waals surface area contributed by atoms with Crippen molar-refractivity contribution >= 4 is 32.8 Å². The van der Waals surface area contributed by atoms with Crippen LogP contribution in [0.15, 0.2) is 52.5 Å². The first-order chi connectivity index (χ1) is 16.3. The number of imidazole rings is 1. The van der Waals surface area contributed by atoms with E-state index in [1.165, 1.54) is 48.6 Å². The van der Waals surface area contributed by atoms with Crippen LogP contribution < -0.4 is 0 Å². The summed E-state index contributed by atoms with van der Waals surface area (Å²) < 4.78 is 30.1. The summed E-state index contributed by atoms with van der Waals surface area (Å²) >= 11 is 1.50. The molecule has 2 heterocycles. The van der Waals surface area contributed by atoms with Crippen LogP contribution in [0.2, 0.25) is 0 Å². The van der Waals surface area contributed by atoms with E-state index in [0.29, 0.717) is 16.4 Å². The molecule has 0 amide bonds. The predicted molar refractivity (Wildman–Crippen MR) is 134 cm³/mol. The number of hydrogen-bond acceptors (Lipinski definition) is 7. The van der Waals surface area contributed by atoms with Crippen molar-refractivity contribution in [1.82, 2.24) is 34.1 Å². The normalized spacial score (nSPS) is 12.1. The molecule has 0 aliphatic carbocycles. The molecule has 4 rings (SSSR count). The van der Waals surface area contributed by atoms with Gasteiger partial charge in [0.05, 0.1) is 27.4 Å². The summed E-state index contributed by atoms with van der Waals surface area (Å²) in [6, 6.07) is 13.4. The lowest BCUT2D eigenvalue weighted by Crippen LogP contribution is -2.22. The van der Waals surface area contributed by atoms with Crippen LogP contribution in [0.3, 0.4) is 0 Å². The molecule has 0 saturated carbocycles. The lowest BCUT2D eigenvalue weighted by atomic mass is 10.1. The highest BCUT2D eigenvalue weighted by Crippen LogP contribution is 2.27. The molecule has 0 spiro atoms. The van der Waals surface area contributed by atoms with E-state index in [9.17, 15) is 8.42 Å². The number of thioether (sulfide) groups is 1. The SMILES string of the molecule is CCCCc1ccc(-n2nnnc2SCc2nc3cc(S(=O)(=O)N(C)C)ccc3n2CC)cc1. The molecule has 9 nitrogen and oxygen atoms in total. The largest absolute Gasteiger partial charge is 0.328 e. The van der Waals surface area contributed by atoms with Crippen LogP contribution in [0.5, 0.6) is 0 Å². The minimum atomic E-state index is -3.52. The maximum atomic E-state index is 12.5. The summed E-state index contributed by atoms with van der Waals surface area (Å²) in [7, 11) is -0.476. The minimum Gasteiger partial charge on any atom is -0.328 e. The number of rotatable bonds is 10. The molecule has 2 aromatic carbocycles. The summed E-state index contributed by atoms with van der Waals surface area (Å²) in [5.41, 5.74) is 3.77. The molecule has 0 aliphatic rings. The van der Waals surface area contributed by atoms with E-state index in [4.69, 9.17) is 4.98 Å². The van der Waals surface area contributed by atoms with Crippen molar-refractivity contribution in [1.29, 1.82) is 0 Å². The van der Waals surface area contributed by atoms with Gasteiger partial charge in [-0.15, -0.1) is 5.10 Å². The van der Waals surface area contributed by atoms with Crippen LogP contribution in [-0.2, 0) is 28.7 Å².